The summed E-state index contributed by atoms with van der Waals surface area (Å²) in [6, 6.07) is 9.85. The Morgan fingerprint density at radius 2 is 1.92 bits per heavy atom. The Labute approximate surface area is 148 Å². The molecule has 3 rings (SSSR count). The molecular weight excluding hydrogens is 320 g/mol. The van der Waals surface area contributed by atoms with Crippen molar-refractivity contribution in [1.29, 1.82) is 0 Å². The van der Waals surface area contributed by atoms with E-state index in [1.807, 2.05) is 51.1 Å². The van der Waals surface area contributed by atoms with Crippen molar-refractivity contribution in [1.82, 2.24) is 10.2 Å². The quantitative estimate of drug-likeness (QED) is 0.912. The molecule has 2 bridgehead atoms. The van der Waals surface area contributed by atoms with Crippen molar-refractivity contribution in [2.75, 3.05) is 6.54 Å². The van der Waals surface area contributed by atoms with E-state index in [9.17, 15) is 9.59 Å². The highest BCUT2D eigenvalue weighted by Crippen LogP contribution is 2.38. The van der Waals surface area contributed by atoms with Crippen LogP contribution in [0.3, 0.4) is 0 Å². The highest BCUT2D eigenvalue weighted by atomic mass is 16.6. The lowest BCUT2D eigenvalue weighted by Crippen LogP contribution is -2.48. The van der Waals surface area contributed by atoms with Gasteiger partial charge in [0.1, 0.15) is 12.2 Å². The number of rotatable bonds is 3. The maximum absolute atomic E-state index is 12.3. The Balaban J connectivity index is 1.46. The average Bonchev–Trinajstić information content (AvgIpc) is 3.11. The number of ether oxygens (including phenoxy) is 2. The van der Waals surface area contributed by atoms with Crippen LogP contribution in [0.25, 0.3) is 0 Å². The summed E-state index contributed by atoms with van der Waals surface area (Å²) in [6.45, 7) is 6.44. The number of amides is 2. The van der Waals surface area contributed by atoms with Crippen molar-refractivity contribution < 1.29 is 19.1 Å². The van der Waals surface area contributed by atoms with Crippen LogP contribution in [0.15, 0.2) is 30.3 Å². The molecule has 1 saturated heterocycles. The second kappa shape index (κ2) is 6.94. The second-order valence-electron chi connectivity index (χ2n) is 7.83. The average molecular weight is 346 g/mol. The first kappa shape index (κ1) is 17.6. The molecule has 1 aromatic rings. The van der Waals surface area contributed by atoms with Crippen molar-refractivity contribution in [3.63, 3.8) is 0 Å². The van der Waals surface area contributed by atoms with Gasteiger partial charge in [-0.3, -0.25) is 0 Å². The number of carbonyl (C=O) groups excluding carboxylic acids is 2. The summed E-state index contributed by atoms with van der Waals surface area (Å²) in [4.78, 5) is 26.0. The molecule has 1 heterocycles. The highest BCUT2D eigenvalue weighted by molar-refractivity contribution is 5.70. The van der Waals surface area contributed by atoms with Gasteiger partial charge in [-0.25, -0.2) is 9.59 Å². The van der Waals surface area contributed by atoms with Gasteiger partial charge in [0.05, 0.1) is 0 Å². The van der Waals surface area contributed by atoms with Crippen molar-refractivity contribution in [2.45, 2.75) is 57.9 Å². The van der Waals surface area contributed by atoms with Gasteiger partial charge in [0.15, 0.2) is 0 Å². The zero-order valence-electron chi connectivity index (χ0n) is 15.0. The number of nitrogens with one attached hydrogen (secondary N) is 1. The molecule has 6 heteroatoms. The van der Waals surface area contributed by atoms with Gasteiger partial charge in [0, 0.05) is 18.6 Å². The molecule has 0 unspecified atom stereocenters. The molecule has 1 saturated carbocycles. The van der Waals surface area contributed by atoms with E-state index in [1.54, 1.807) is 4.90 Å². The summed E-state index contributed by atoms with van der Waals surface area (Å²) < 4.78 is 10.7. The predicted octanol–water partition coefficient (Wildman–Crippen LogP) is 3.31. The molecule has 1 N–H and O–H groups in total. The number of hydrogen-bond acceptors (Lipinski definition) is 4. The van der Waals surface area contributed by atoms with Crippen LogP contribution in [0.4, 0.5) is 9.59 Å². The summed E-state index contributed by atoms with van der Waals surface area (Å²) in [5, 5.41) is 2.94. The van der Waals surface area contributed by atoms with Gasteiger partial charge >= 0.3 is 12.2 Å². The van der Waals surface area contributed by atoms with Crippen LogP contribution in [-0.4, -0.2) is 41.3 Å². The Hall–Kier alpha value is -2.24. The molecule has 2 aliphatic rings. The van der Waals surface area contributed by atoms with Gasteiger partial charge in [0.2, 0.25) is 0 Å². The van der Waals surface area contributed by atoms with Crippen LogP contribution in [0.2, 0.25) is 0 Å². The minimum atomic E-state index is -0.505. The normalized spacial score (nSPS) is 24.9. The first-order chi connectivity index (χ1) is 11.8. The lowest BCUT2D eigenvalue weighted by molar-refractivity contribution is 0.0465. The molecule has 0 radical (unpaired) electrons. The number of carbonyl (C=O) groups is 2. The number of fused-ring (bicyclic) bond motifs is 2. The summed E-state index contributed by atoms with van der Waals surface area (Å²) in [6.07, 6.45) is 1.00. The predicted molar refractivity (Wildman–Crippen MR) is 93.0 cm³/mol. The van der Waals surface area contributed by atoms with Crippen molar-refractivity contribution >= 4 is 12.2 Å². The first-order valence-electron chi connectivity index (χ1n) is 8.78. The van der Waals surface area contributed by atoms with E-state index in [-0.39, 0.29) is 36.8 Å². The van der Waals surface area contributed by atoms with Crippen LogP contribution in [0, 0.1) is 5.92 Å². The number of benzene rings is 1. The number of piperidine rings is 1. The number of nitrogens with zero attached hydrogens (tertiary/aromatic N) is 1. The van der Waals surface area contributed by atoms with Gasteiger partial charge in [-0.2, -0.15) is 0 Å². The van der Waals surface area contributed by atoms with Gasteiger partial charge in [-0.15, -0.1) is 0 Å². The minimum absolute atomic E-state index is 0.0676. The van der Waals surface area contributed by atoms with Crippen LogP contribution in [0.5, 0.6) is 0 Å². The fourth-order valence-electron chi connectivity index (χ4n) is 3.62. The van der Waals surface area contributed by atoms with Crippen LogP contribution < -0.4 is 5.32 Å². The molecular formula is C19H26N2O4. The maximum Gasteiger partial charge on any atom is 0.410 e. The highest BCUT2D eigenvalue weighted by Gasteiger charge is 2.47. The van der Waals surface area contributed by atoms with Gasteiger partial charge in [-0.1, -0.05) is 30.3 Å². The third kappa shape index (κ3) is 4.44. The Kier molecular flexibility index (Phi) is 4.88. The van der Waals surface area contributed by atoms with E-state index in [1.165, 1.54) is 0 Å². The number of hydrogen-bond donors (Lipinski definition) is 1. The summed E-state index contributed by atoms with van der Waals surface area (Å²) in [7, 11) is 0. The molecule has 6 nitrogen and oxygen atoms in total. The Morgan fingerprint density at radius 3 is 2.52 bits per heavy atom. The van der Waals surface area contributed by atoms with E-state index in [0.29, 0.717) is 6.54 Å². The Bertz CT molecular complexity index is 626. The third-order valence-electron chi connectivity index (χ3n) is 4.68. The fraction of sp³-hybridized carbons (Fsp3) is 0.579. The number of alkyl carbamates (subject to hydrolysis) is 1. The Morgan fingerprint density at radius 1 is 1.20 bits per heavy atom. The number of likely N-dealkylation sites (tertiary alicyclic amines) is 1. The molecule has 1 aromatic carbocycles. The summed E-state index contributed by atoms with van der Waals surface area (Å²) in [5.41, 5.74) is 0.472. The molecule has 25 heavy (non-hydrogen) atoms. The fourth-order valence-corrected chi connectivity index (χ4v) is 3.62. The van der Waals surface area contributed by atoms with Gasteiger partial charge in [-0.05, 0) is 45.1 Å². The van der Waals surface area contributed by atoms with E-state index in [4.69, 9.17) is 9.47 Å². The zero-order chi connectivity index (χ0) is 18.0. The first-order valence-corrected chi connectivity index (χ1v) is 8.78. The molecule has 136 valence electrons. The lowest BCUT2D eigenvalue weighted by atomic mass is 10.0. The SMILES string of the molecule is CC(C)(C)OC(=O)N[C@@H]1C[C@H]2C[C@@H]1CN2C(=O)OCc1ccccc1. The third-order valence-corrected chi connectivity index (χ3v) is 4.68. The molecule has 2 fully saturated rings. The van der Waals surface area contributed by atoms with Gasteiger partial charge < -0.3 is 19.7 Å². The van der Waals surface area contributed by atoms with Gasteiger partial charge in [0.25, 0.3) is 0 Å². The van der Waals surface area contributed by atoms with E-state index in [0.717, 1.165) is 18.4 Å². The molecule has 2 amide bonds. The standard InChI is InChI=1S/C19H26N2O4/c1-19(2,3)25-17(22)20-16-10-15-9-14(16)11-21(15)18(23)24-12-13-7-5-4-6-8-13/h4-8,14-16H,9-12H2,1-3H3,(H,20,22)/t14-,15-,16-/m1/s1. The van der Waals surface area contributed by atoms with E-state index < -0.39 is 5.60 Å². The zero-order valence-corrected chi connectivity index (χ0v) is 15.0. The van der Waals surface area contributed by atoms with E-state index in [2.05, 4.69) is 5.32 Å². The maximum atomic E-state index is 12.3. The van der Waals surface area contributed by atoms with Crippen LogP contribution >= 0.6 is 0 Å². The summed E-state index contributed by atoms with van der Waals surface area (Å²) in [5.74, 6) is 0.266. The largest absolute Gasteiger partial charge is 0.445 e. The second-order valence-corrected chi connectivity index (χ2v) is 7.83. The summed E-state index contributed by atoms with van der Waals surface area (Å²) >= 11 is 0. The minimum Gasteiger partial charge on any atom is -0.445 e. The van der Waals surface area contributed by atoms with Crippen molar-refractivity contribution in [3.8, 4) is 0 Å². The molecule has 0 aromatic heterocycles. The molecule has 1 aliphatic heterocycles. The van der Waals surface area contributed by atoms with Crippen LogP contribution in [0.1, 0.15) is 39.2 Å². The van der Waals surface area contributed by atoms with Crippen molar-refractivity contribution in [2.24, 2.45) is 5.92 Å². The van der Waals surface area contributed by atoms with Crippen molar-refractivity contribution in [3.05, 3.63) is 35.9 Å². The topological polar surface area (TPSA) is 67.9 Å². The van der Waals surface area contributed by atoms with Crippen LogP contribution in [-0.2, 0) is 16.1 Å². The molecule has 0 spiro atoms. The lowest BCUT2D eigenvalue weighted by Gasteiger charge is -2.31. The monoisotopic (exact) mass is 346 g/mol. The molecule has 1 aliphatic carbocycles. The molecule has 3 atom stereocenters. The van der Waals surface area contributed by atoms with E-state index >= 15 is 0 Å². The smallest absolute Gasteiger partial charge is 0.410 e.